The maximum atomic E-state index is 13.3. The van der Waals surface area contributed by atoms with Crippen LogP contribution in [-0.2, 0) is 21.6 Å². The van der Waals surface area contributed by atoms with Crippen LogP contribution in [0.4, 0.5) is 0 Å². The molecule has 172 valence electrons. The summed E-state index contributed by atoms with van der Waals surface area (Å²) >= 11 is 0. The maximum absolute atomic E-state index is 13.3. The van der Waals surface area contributed by atoms with Gasteiger partial charge in [-0.15, -0.1) is 0 Å². The smallest absolute Gasteiger partial charge is 0.343 e. The van der Waals surface area contributed by atoms with Crippen molar-refractivity contribution in [3.8, 4) is 0 Å². The predicted octanol–water partition coefficient (Wildman–Crippen LogP) is 4.24. The molecule has 2 aliphatic rings. The summed E-state index contributed by atoms with van der Waals surface area (Å²) in [6, 6.07) is 13.8. The fourth-order valence-electron chi connectivity index (χ4n) is 5.77. The highest BCUT2D eigenvalue weighted by molar-refractivity contribution is 5.81. The highest BCUT2D eigenvalue weighted by Crippen LogP contribution is 2.41. The number of rotatable bonds is 9. The van der Waals surface area contributed by atoms with Crippen molar-refractivity contribution in [3.63, 3.8) is 0 Å². The number of carbonyl (C=O) groups excluding carboxylic acids is 1. The number of carbonyl (C=O) groups is 1. The van der Waals surface area contributed by atoms with Gasteiger partial charge in [-0.25, -0.2) is 4.79 Å². The Morgan fingerprint density at radius 1 is 1.09 bits per heavy atom. The fraction of sp³-hybridized carbons (Fsp3) is 0.556. The molecule has 1 aromatic heterocycles. The van der Waals surface area contributed by atoms with Crippen molar-refractivity contribution >= 4 is 5.97 Å². The molecule has 2 heterocycles. The third-order valence-electron chi connectivity index (χ3n) is 7.85. The van der Waals surface area contributed by atoms with E-state index in [1.807, 2.05) is 42.7 Å². The van der Waals surface area contributed by atoms with Crippen LogP contribution >= 0.6 is 0 Å². The number of benzene rings is 1. The van der Waals surface area contributed by atoms with Gasteiger partial charge in [0, 0.05) is 37.6 Å². The summed E-state index contributed by atoms with van der Waals surface area (Å²) in [7, 11) is 2.29. The number of pyridine rings is 1. The van der Waals surface area contributed by atoms with Crippen molar-refractivity contribution < 1.29 is 19.1 Å². The number of likely N-dealkylation sites (N-methyl/N-ethyl adjacent to an activating group) is 1. The van der Waals surface area contributed by atoms with Crippen LogP contribution < -0.4 is 0 Å². The minimum absolute atomic E-state index is 0.0674. The standard InChI is InChI=1S/C27H37N2O3/c1-29(19-7-9-22-15-17-28-18-16-22)20-8-14-25(29)21-32-26(30)27(31,24-12-5-6-13-24)23-10-3-2-4-11-23/h2-4,10-11,15-18,24-25,31H,5-9,12-14,19-21H2,1H3/q+1/t25?,27?,29-/m1/s1. The van der Waals surface area contributed by atoms with Crippen molar-refractivity contribution in [2.24, 2.45) is 5.92 Å². The largest absolute Gasteiger partial charge is 0.457 e. The van der Waals surface area contributed by atoms with Crippen molar-refractivity contribution in [1.82, 2.24) is 4.98 Å². The minimum atomic E-state index is -1.54. The lowest BCUT2D eigenvalue weighted by Crippen LogP contribution is -2.52. The molecule has 1 N–H and O–H groups in total. The lowest BCUT2D eigenvalue weighted by atomic mass is 9.80. The van der Waals surface area contributed by atoms with Crippen molar-refractivity contribution in [2.45, 2.75) is 63.0 Å². The van der Waals surface area contributed by atoms with Gasteiger partial charge in [-0.2, -0.15) is 0 Å². The summed E-state index contributed by atoms with van der Waals surface area (Å²) in [4.78, 5) is 17.4. The van der Waals surface area contributed by atoms with E-state index in [4.69, 9.17) is 4.74 Å². The molecule has 2 aromatic rings. The molecule has 5 nitrogen and oxygen atoms in total. The molecule has 0 bridgehead atoms. The number of aromatic nitrogens is 1. The number of hydrogen-bond donors (Lipinski definition) is 1. The first-order chi connectivity index (χ1) is 15.5. The van der Waals surface area contributed by atoms with Crippen LogP contribution in [0.5, 0.6) is 0 Å². The van der Waals surface area contributed by atoms with Crippen LogP contribution in [0.1, 0.15) is 56.1 Å². The lowest BCUT2D eigenvalue weighted by Gasteiger charge is -2.37. The Labute approximate surface area is 192 Å². The molecule has 32 heavy (non-hydrogen) atoms. The number of aryl methyl sites for hydroxylation is 1. The number of ether oxygens (including phenoxy) is 1. The zero-order chi connectivity index (χ0) is 22.4. The summed E-state index contributed by atoms with van der Waals surface area (Å²) in [5.41, 5.74) is 0.442. The molecule has 0 spiro atoms. The van der Waals surface area contributed by atoms with Crippen LogP contribution in [0.2, 0.25) is 0 Å². The van der Waals surface area contributed by atoms with Crippen LogP contribution in [0.15, 0.2) is 54.9 Å². The zero-order valence-electron chi connectivity index (χ0n) is 19.3. The molecule has 1 saturated heterocycles. The van der Waals surface area contributed by atoms with Gasteiger partial charge in [0.05, 0.1) is 20.1 Å². The molecule has 1 aliphatic heterocycles. The second-order valence-electron chi connectivity index (χ2n) is 9.89. The molecule has 0 radical (unpaired) electrons. The van der Waals surface area contributed by atoms with Crippen molar-refractivity contribution in [2.75, 3.05) is 26.7 Å². The van der Waals surface area contributed by atoms with E-state index in [0.29, 0.717) is 18.2 Å². The van der Waals surface area contributed by atoms with Gasteiger partial charge in [0.25, 0.3) is 0 Å². The van der Waals surface area contributed by atoms with E-state index in [2.05, 4.69) is 24.2 Å². The Balaban J connectivity index is 1.38. The van der Waals surface area contributed by atoms with E-state index in [1.54, 1.807) is 0 Å². The van der Waals surface area contributed by atoms with Crippen LogP contribution in [0.3, 0.4) is 0 Å². The number of hydrogen-bond acceptors (Lipinski definition) is 4. The van der Waals surface area contributed by atoms with Gasteiger partial charge in [0.2, 0.25) is 0 Å². The third-order valence-corrected chi connectivity index (χ3v) is 7.85. The fourth-order valence-corrected chi connectivity index (χ4v) is 5.77. The molecule has 2 unspecified atom stereocenters. The van der Waals surface area contributed by atoms with Crippen LogP contribution in [-0.4, -0.2) is 53.3 Å². The molecular weight excluding hydrogens is 400 g/mol. The molecule has 0 amide bonds. The van der Waals surface area contributed by atoms with E-state index in [0.717, 1.165) is 68.9 Å². The number of aliphatic hydroxyl groups is 1. The zero-order valence-corrected chi connectivity index (χ0v) is 19.3. The highest BCUT2D eigenvalue weighted by Gasteiger charge is 2.48. The topological polar surface area (TPSA) is 59.4 Å². The predicted molar refractivity (Wildman–Crippen MR) is 125 cm³/mol. The van der Waals surface area contributed by atoms with Gasteiger partial charge in [-0.05, 0) is 42.5 Å². The average molecular weight is 438 g/mol. The summed E-state index contributed by atoms with van der Waals surface area (Å²) in [5, 5.41) is 11.6. The second-order valence-corrected chi connectivity index (χ2v) is 9.89. The molecule has 4 rings (SSSR count). The quantitative estimate of drug-likeness (QED) is 0.471. The van der Waals surface area contributed by atoms with Gasteiger partial charge >= 0.3 is 5.97 Å². The molecular formula is C27H37N2O3+. The monoisotopic (exact) mass is 437 g/mol. The number of likely N-dealkylation sites (tertiary alicyclic amines) is 1. The average Bonchev–Trinajstić information content (AvgIpc) is 3.49. The van der Waals surface area contributed by atoms with E-state index in [9.17, 15) is 9.90 Å². The van der Waals surface area contributed by atoms with Crippen LogP contribution in [0.25, 0.3) is 0 Å². The Hall–Kier alpha value is -2.24. The highest BCUT2D eigenvalue weighted by atomic mass is 16.6. The molecule has 1 aliphatic carbocycles. The Kier molecular flexibility index (Phi) is 7.27. The van der Waals surface area contributed by atoms with E-state index < -0.39 is 11.6 Å². The van der Waals surface area contributed by atoms with Gasteiger partial charge in [0.15, 0.2) is 5.60 Å². The molecule has 2 fully saturated rings. The molecule has 3 atom stereocenters. The lowest BCUT2D eigenvalue weighted by molar-refractivity contribution is -0.921. The van der Waals surface area contributed by atoms with E-state index in [-0.39, 0.29) is 5.92 Å². The first kappa shape index (κ1) is 22.9. The second kappa shape index (κ2) is 10.1. The minimum Gasteiger partial charge on any atom is -0.457 e. The summed E-state index contributed by atoms with van der Waals surface area (Å²) in [6.07, 6.45) is 11.9. The van der Waals surface area contributed by atoms with Gasteiger partial charge in [-0.3, -0.25) is 4.98 Å². The molecule has 1 saturated carbocycles. The first-order valence-electron chi connectivity index (χ1n) is 12.2. The first-order valence-corrected chi connectivity index (χ1v) is 12.2. The number of quaternary nitrogens is 1. The SMILES string of the molecule is C[N@@+]1(CCCc2ccncc2)CCCC1COC(=O)C(O)(c1ccccc1)C1CCCC1. The van der Waals surface area contributed by atoms with Gasteiger partial charge in [-0.1, -0.05) is 43.2 Å². The van der Waals surface area contributed by atoms with Crippen molar-refractivity contribution in [1.29, 1.82) is 0 Å². The van der Waals surface area contributed by atoms with Gasteiger partial charge in [0.1, 0.15) is 12.6 Å². The van der Waals surface area contributed by atoms with E-state index in [1.165, 1.54) is 5.56 Å². The van der Waals surface area contributed by atoms with E-state index >= 15 is 0 Å². The normalized spacial score (nSPS) is 25.5. The van der Waals surface area contributed by atoms with Gasteiger partial charge < -0.3 is 14.3 Å². The third kappa shape index (κ3) is 4.89. The maximum Gasteiger partial charge on any atom is 0.343 e. The van der Waals surface area contributed by atoms with Crippen LogP contribution in [0, 0.1) is 5.92 Å². The summed E-state index contributed by atoms with van der Waals surface area (Å²) in [6.45, 7) is 2.56. The Morgan fingerprint density at radius 2 is 1.81 bits per heavy atom. The number of nitrogens with zero attached hydrogens (tertiary/aromatic N) is 2. The summed E-state index contributed by atoms with van der Waals surface area (Å²) in [5.74, 6) is -0.534. The summed E-state index contributed by atoms with van der Waals surface area (Å²) < 4.78 is 6.84. The number of esters is 1. The molecule has 1 aromatic carbocycles. The Bertz CT molecular complexity index is 869. The Morgan fingerprint density at radius 3 is 2.53 bits per heavy atom. The molecule has 5 heteroatoms. The van der Waals surface area contributed by atoms with Crippen molar-refractivity contribution in [3.05, 3.63) is 66.0 Å².